The Hall–Kier alpha value is -1.86. The van der Waals surface area contributed by atoms with E-state index in [4.69, 9.17) is 21.7 Å². The van der Waals surface area contributed by atoms with Crippen molar-refractivity contribution in [3.63, 3.8) is 0 Å². The monoisotopic (exact) mass is 407 g/mol. The fourth-order valence-electron chi connectivity index (χ4n) is 2.54. The molecule has 0 saturated carbocycles. The van der Waals surface area contributed by atoms with Crippen LogP contribution in [0.3, 0.4) is 0 Å². The van der Waals surface area contributed by atoms with Crippen LogP contribution in [0.5, 0.6) is 5.75 Å². The molecule has 27 heavy (non-hydrogen) atoms. The smallest absolute Gasteiger partial charge is 0.305 e. The molecule has 1 aliphatic heterocycles. The van der Waals surface area contributed by atoms with Crippen molar-refractivity contribution in [1.29, 1.82) is 0 Å². The van der Waals surface area contributed by atoms with Crippen LogP contribution in [0.4, 0.5) is 0 Å². The minimum atomic E-state index is -0.217. The van der Waals surface area contributed by atoms with Crippen molar-refractivity contribution in [3.05, 3.63) is 34.7 Å². The van der Waals surface area contributed by atoms with E-state index in [2.05, 4.69) is 6.92 Å². The summed E-state index contributed by atoms with van der Waals surface area (Å²) >= 11 is 6.61. The molecule has 1 fully saturated rings. The second-order valence-electron chi connectivity index (χ2n) is 6.14. The van der Waals surface area contributed by atoms with E-state index in [1.807, 2.05) is 30.3 Å². The van der Waals surface area contributed by atoms with E-state index in [9.17, 15) is 9.59 Å². The number of thioether (sulfide) groups is 1. The Bertz CT molecular complexity index is 700. The predicted octanol–water partition coefficient (Wildman–Crippen LogP) is 4.41. The second-order valence-corrected chi connectivity index (χ2v) is 7.81. The molecule has 7 heteroatoms. The molecule has 1 amide bonds. The lowest BCUT2D eigenvalue weighted by molar-refractivity contribution is -0.144. The van der Waals surface area contributed by atoms with E-state index in [-0.39, 0.29) is 11.9 Å². The minimum Gasteiger partial charge on any atom is -0.497 e. The number of esters is 1. The van der Waals surface area contributed by atoms with Crippen LogP contribution in [0.1, 0.15) is 44.6 Å². The molecule has 0 radical (unpaired) electrons. The highest BCUT2D eigenvalue weighted by atomic mass is 32.2. The Morgan fingerprint density at radius 2 is 1.96 bits per heavy atom. The van der Waals surface area contributed by atoms with E-state index < -0.39 is 0 Å². The summed E-state index contributed by atoms with van der Waals surface area (Å²) in [7, 11) is 1.61. The molecule has 2 rings (SSSR count). The molecule has 1 heterocycles. The summed E-state index contributed by atoms with van der Waals surface area (Å²) in [6, 6.07) is 7.47. The van der Waals surface area contributed by atoms with Crippen LogP contribution in [-0.2, 0) is 14.3 Å². The van der Waals surface area contributed by atoms with E-state index >= 15 is 0 Å². The molecule has 0 N–H and O–H groups in total. The van der Waals surface area contributed by atoms with Crippen molar-refractivity contribution in [2.45, 2.75) is 39.0 Å². The highest BCUT2D eigenvalue weighted by Crippen LogP contribution is 2.32. The van der Waals surface area contributed by atoms with E-state index in [1.54, 1.807) is 12.0 Å². The van der Waals surface area contributed by atoms with Gasteiger partial charge in [-0.05, 0) is 36.6 Å². The molecule has 0 bridgehead atoms. The van der Waals surface area contributed by atoms with Crippen LogP contribution in [0, 0.1) is 0 Å². The van der Waals surface area contributed by atoms with Crippen molar-refractivity contribution in [1.82, 2.24) is 4.90 Å². The Kier molecular flexibility index (Phi) is 8.81. The van der Waals surface area contributed by atoms with Crippen molar-refractivity contribution < 1.29 is 19.1 Å². The Balaban J connectivity index is 1.82. The summed E-state index contributed by atoms with van der Waals surface area (Å²) in [6.45, 7) is 3.00. The van der Waals surface area contributed by atoms with Gasteiger partial charge in [0, 0.05) is 13.0 Å². The fraction of sp³-hybridized carbons (Fsp3) is 0.450. The molecule has 0 unspecified atom stereocenters. The Morgan fingerprint density at radius 1 is 1.22 bits per heavy atom. The summed E-state index contributed by atoms with van der Waals surface area (Å²) < 4.78 is 10.8. The van der Waals surface area contributed by atoms with Crippen LogP contribution in [0.2, 0.25) is 0 Å². The van der Waals surface area contributed by atoms with Gasteiger partial charge in [-0.2, -0.15) is 0 Å². The molecule has 146 valence electrons. The third-order valence-electron chi connectivity index (χ3n) is 4.06. The van der Waals surface area contributed by atoms with E-state index in [0.29, 0.717) is 35.2 Å². The first-order valence-electron chi connectivity index (χ1n) is 9.10. The van der Waals surface area contributed by atoms with Crippen LogP contribution >= 0.6 is 24.0 Å². The van der Waals surface area contributed by atoms with E-state index in [0.717, 1.165) is 30.6 Å². The van der Waals surface area contributed by atoms with Gasteiger partial charge >= 0.3 is 5.97 Å². The van der Waals surface area contributed by atoms with Crippen molar-refractivity contribution in [3.8, 4) is 5.75 Å². The summed E-state index contributed by atoms with van der Waals surface area (Å²) in [5.74, 6) is 0.434. The zero-order valence-corrected chi connectivity index (χ0v) is 17.4. The zero-order chi connectivity index (χ0) is 19.6. The zero-order valence-electron chi connectivity index (χ0n) is 15.7. The molecule has 1 aromatic rings. The first kappa shape index (κ1) is 21.4. The first-order chi connectivity index (χ1) is 13.0. The second kappa shape index (κ2) is 11.1. The quantitative estimate of drug-likeness (QED) is 0.248. The average Bonchev–Trinajstić information content (AvgIpc) is 2.93. The van der Waals surface area contributed by atoms with Gasteiger partial charge in [0.1, 0.15) is 10.1 Å². The third-order valence-corrected chi connectivity index (χ3v) is 5.44. The summed E-state index contributed by atoms with van der Waals surface area (Å²) in [5, 5.41) is 0. The number of hydrogen-bond acceptors (Lipinski definition) is 6. The molecule has 1 saturated heterocycles. The molecular formula is C20H25NO4S2. The number of carbonyl (C=O) groups is 2. The van der Waals surface area contributed by atoms with Gasteiger partial charge in [-0.25, -0.2) is 0 Å². The number of hydrogen-bond donors (Lipinski definition) is 0. The number of amides is 1. The number of carbonyl (C=O) groups excluding carboxylic acids is 2. The lowest BCUT2D eigenvalue weighted by Gasteiger charge is -2.13. The average molecular weight is 408 g/mol. The molecule has 1 aliphatic rings. The van der Waals surface area contributed by atoms with Crippen LogP contribution in [0.25, 0.3) is 6.08 Å². The van der Waals surface area contributed by atoms with Crippen LogP contribution in [0.15, 0.2) is 29.2 Å². The van der Waals surface area contributed by atoms with Gasteiger partial charge in [-0.1, -0.05) is 55.9 Å². The lowest BCUT2D eigenvalue weighted by atomic mass is 10.2. The largest absolute Gasteiger partial charge is 0.497 e. The van der Waals surface area contributed by atoms with Gasteiger partial charge in [-0.15, -0.1) is 0 Å². The fourth-order valence-corrected chi connectivity index (χ4v) is 3.84. The maximum atomic E-state index is 12.6. The summed E-state index contributed by atoms with van der Waals surface area (Å²) in [4.78, 5) is 26.4. The molecule has 0 aromatic heterocycles. The van der Waals surface area contributed by atoms with Gasteiger partial charge < -0.3 is 9.47 Å². The molecule has 5 nitrogen and oxygen atoms in total. The molecule has 0 atom stereocenters. The highest BCUT2D eigenvalue weighted by Gasteiger charge is 2.31. The van der Waals surface area contributed by atoms with Crippen molar-refractivity contribution >= 4 is 46.3 Å². The highest BCUT2D eigenvalue weighted by molar-refractivity contribution is 8.26. The topological polar surface area (TPSA) is 55.8 Å². The van der Waals surface area contributed by atoms with Gasteiger partial charge in [0.2, 0.25) is 0 Å². The predicted molar refractivity (Wildman–Crippen MR) is 113 cm³/mol. The third kappa shape index (κ3) is 6.66. The summed E-state index contributed by atoms with van der Waals surface area (Å²) in [6.07, 6.45) is 5.70. The van der Waals surface area contributed by atoms with Gasteiger partial charge in [0.05, 0.1) is 18.6 Å². The number of benzene rings is 1. The number of methoxy groups -OCH3 is 1. The maximum absolute atomic E-state index is 12.6. The molecular weight excluding hydrogens is 382 g/mol. The molecule has 0 spiro atoms. The standard InChI is InChI=1S/C20H25NO4S2/c1-3-4-5-13-25-18(22)7-6-12-21-19(23)17(27-20(21)26)14-15-8-10-16(24-2)11-9-15/h8-11,14H,3-7,12-13H2,1-2H3. The molecule has 0 aliphatic carbocycles. The molecule has 1 aromatic carbocycles. The number of unbranched alkanes of at least 4 members (excludes halogenated alkanes) is 2. The van der Waals surface area contributed by atoms with Crippen molar-refractivity contribution in [2.24, 2.45) is 0 Å². The first-order valence-corrected chi connectivity index (χ1v) is 10.3. The van der Waals surface area contributed by atoms with Crippen LogP contribution < -0.4 is 4.74 Å². The van der Waals surface area contributed by atoms with Gasteiger partial charge in [0.25, 0.3) is 5.91 Å². The number of thiocarbonyl (C=S) groups is 1. The number of rotatable bonds is 10. The van der Waals surface area contributed by atoms with Gasteiger partial charge in [-0.3, -0.25) is 14.5 Å². The SMILES string of the molecule is CCCCCOC(=O)CCCN1C(=O)C(=Cc2ccc(OC)cc2)SC1=S. The number of ether oxygens (including phenoxy) is 2. The summed E-state index contributed by atoms with van der Waals surface area (Å²) in [5.41, 5.74) is 0.909. The Labute approximate surface area is 170 Å². The van der Waals surface area contributed by atoms with Crippen molar-refractivity contribution in [2.75, 3.05) is 20.3 Å². The number of nitrogens with zero attached hydrogens (tertiary/aromatic N) is 1. The normalized spacial score (nSPS) is 15.5. The lowest BCUT2D eigenvalue weighted by Crippen LogP contribution is -2.29. The van der Waals surface area contributed by atoms with E-state index in [1.165, 1.54) is 11.8 Å². The van der Waals surface area contributed by atoms with Gasteiger partial charge in [0.15, 0.2) is 0 Å². The van der Waals surface area contributed by atoms with Crippen LogP contribution in [-0.4, -0.2) is 41.4 Å². The minimum absolute atomic E-state index is 0.114. The Morgan fingerprint density at radius 3 is 2.63 bits per heavy atom. The maximum Gasteiger partial charge on any atom is 0.305 e.